The molecule has 0 saturated heterocycles. The number of benzene rings is 1. The van der Waals surface area contributed by atoms with E-state index in [1.165, 1.54) is 6.07 Å². The molecule has 5 heteroatoms. The van der Waals surface area contributed by atoms with E-state index in [1.54, 1.807) is 12.1 Å². The van der Waals surface area contributed by atoms with Gasteiger partial charge in [-0.2, -0.15) is 4.98 Å². The van der Waals surface area contributed by atoms with Crippen LogP contribution in [0.3, 0.4) is 0 Å². The molecule has 0 radical (unpaired) electrons. The fraction of sp³-hybridized carbons (Fsp3) is 0.375. The van der Waals surface area contributed by atoms with Crippen LogP contribution in [0, 0.1) is 12.7 Å². The van der Waals surface area contributed by atoms with Crippen LogP contribution in [0.5, 0.6) is 0 Å². The van der Waals surface area contributed by atoms with Gasteiger partial charge in [0.05, 0.1) is 0 Å². The van der Waals surface area contributed by atoms with E-state index >= 15 is 0 Å². The summed E-state index contributed by atoms with van der Waals surface area (Å²) in [6.07, 6.45) is 0. The van der Waals surface area contributed by atoms with E-state index in [0.29, 0.717) is 23.9 Å². The van der Waals surface area contributed by atoms with Gasteiger partial charge < -0.3 is 10.2 Å². The van der Waals surface area contributed by atoms with E-state index < -0.39 is 0 Å². The zero-order valence-corrected chi connectivity index (χ0v) is 12.7. The Morgan fingerprint density at radius 3 is 2.52 bits per heavy atom. The number of rotatable bonds is 6. The molecule has 0 fully saturated rings. The van der Waals surface area contributed by atoms with Crippen LogP contribution in [-0.4, -0.2) is 23.1 Å². The van der Waals surface area contributed by atoms with Crippen molar-refractivity contribution in [3.05, 3.63) is 47.4 Å². The molecule has 0 atom stereocenters. The van der Waals surface area contributed by atoms with E-state index in [4.69, 9.17) is 0 Å². The van der Waals surface area contributed by atoms with E-state index in [-0.39, 0.29) is 5.82 Å². The van der Waals surface area contributed by atoms with Crippen molar-refractivity contribution in [2.45, 2.75) is 27.3 Å². The van der Waals surface area contributed by atoms with Crippen LogP contribution in [-0.2, 0) is 6.54 Å². The lowest BCUT2D eigenvalue weighted by Gasteiger charge is -2.19. The molecule has 2 rings (SSSR count). The zero-order valence-electron chi connectivity index (χ0n) is 12.7. The second kappa shape index (κ2) is 7.02. The highest BCUT2D eigenvalue weighted by atomic mass is 19.1. The highest BCUT2D eigenvalue weighted by Gasteiger charge is 2.08. The Bertz CT molecular complexity index is 597. The number of nitrogens with one attached hydrogen (secondary N) is 1. The molecule has 0 aliphatic heterocycles. The van der Waals surface area contributed by atoms with Crippen molar-refractivity contribution in [2.75, 3.05) is 23.3 Å². The molecule has 0 aliphatic carbocycles. The number of hydrogen-bond acceptors (Lipinski definition) is 4. The molecule has 21 heavy (non-hydrogen) atoms. The highest BCUT2D eigenvalue weighted by molar-refractivity contribution is 5.44. The summed E-state index contributed by atoms with van der Waals surface area (Å²) in [5.74, 6) is 1.21. The predicted molar refractivity (Wildman–Crippen MR) is 84.1 cm³/mol. The fourth-order valence-corrected chi connectivity index (χ4v) is 2.12. The van der Waals surface area contributed by atoms with E-state index in [2.05, 4.69) is 34.0 Å². The molecule has 0 saturated carbocycles. The minimum Gasteiger partial charge on any atom is -0.366 e. The SMILES string of the molecule is CCN(CC)c1nc(C)cc(NCc2ccccc2F)n1. The maximum absolute atomic E-state index is 13.6. The molecule has 0 bridgehead atoms. The Morgan fingerprint density at radius 2 is 1.86 bits per heavy atom. The minimum absolute atomic E-state index is 0.209. The zero-order chi connectivity index (χ0) is 15.2. The van der Waals surface area contributed by atoms with Gasteiger partial charge >= 0.3 is 0 Å². The Morgan fingerprint density at radius 1 is 1.14 bits per heavy atom. The number of nitrogens with zero attached hydrogens (tertiary/aromatic N) is 3. The van der Waals surface area contributed by atoms with Gasteiger partial charge in [-0.15, -0.1) is 0 Å². The van der Waals surface area contributed by atoms with Crippen LogP contribution in [0.4, 0.5) is 16.2 Å². The molecule has 112 valence electrons. The lowest BCUT2D eigenvalue weighted by molar-refractivity contribution is 0.613. The number of anilines is 2. The number of aromatic nitrogens is 2. The summed E-state index contributed by atoms with van der Waals surface area (Å²) in [5.41, 5.74) is 1.51. The second-order valence-electron chi connectivity index (χ2n) is 4.81. The van der Waals surface area contributed by atoms with Gasteiger partial charge in [0.25, 0.3) is 0 Å². The smallest absolute Gasteiger partial charge is 0.227 e. The highest BCUT2D eigenvalue weighted by Crippen LogP contribution is 2.15. The van der Waals surface area contributed by atoms with Gasteiger partial charge in [-0.3, -0.25) is 0 Å². The third kappa shape index (κ3) is 3.90. The first-order chi connectivity index (χ1) is 10.1. The van der Waals surface area contributed by atoms with Crippen molar-refractivity contribution in [1.29, 1.82) is 0 Å². The summed E-state index contributed by atoms with van der Waals surface area (Å²) in [6.45, 7) is 8.19. The van der Waals surface area contributed by atoms with Crippen molar-refractivity contribution in [2.24, 2.45) is 0 Å². The first-order valence-corrected chi connectivity index (χ1v) is 7.22. The van der Waals surface area contributed by atoms with Gasteiger partial charge in [0, 0.05) is 37.0 Å². The van der Waals surface area contributed by atoms with Crippen LogP contribution in [0.1, 0.15) is 25.1 Å². The molecule has 2 aromatic rings. The van der Waals surface area contributed by atoms with Crippen LogP contribution in [0.25, 0.3) is 0 Å². The monoisotopic (exact) mass is 288 g/mol. The lowest BCUT2D eigenvalue weighted by atomic mass is 10.2. The summed E-state index contributed by atoms with van der Waals surface area (Å²) < 4.78 is 13.6. The molecule has 0 unspecified atom stereocenters. The van der Waals surface area contributed by atoms with Gasteiger partial charge in [0.15, 0.2) is 0 Å². The van der Waals surface area contributed by atoms with E-state index in [1.807, 2.05) is 19.1 Å². The van der Waals surface area contributed by atoms with E-state index in [0.717, 1.165) is 18.8 Å². The largest absolute Gasteiger partial charge is 0.366 e. The molecule has 4 nitrogen and oxygen atoms in total. The van der Waals surface area contributed by atoms with Crippen molar-refractivity contribution in [3.8, 4) is 0 Å². The molecular weight excluding hydrogens is 267 g/mol. The molecule has 0 aliphatic rings. The van der Waals surface area contributed by atoms with Gasteiger partial charge in [0.1, 0.15) is 11.6 Å². The van der Waals surface area contributed by atoms with Crippen molar-refractivity contribution >= 4 is 11.8 Å². The molecule has 0 spiro atoms. The lowest BCUT2D eigenvalue weighted by Crippen LogP contribution is -2.24. The summed E-state index contributed by atoms with van der Waals surface area (Å²) in [4.78, 5) is 11.0. The molecular formula is C16H21FN4. The van der Waals surface area contributed by atoms with Crippen LogP contribution < -0.4 is 10.2 Å². The van der Waals surface area contributed by atoms with Crippen LogP contribution in [0.15, 0.2) is 30.3 Å². The van der Waals surface area contributed by atoms with Gasteiger partial charge in [-0.05, 0) is 26.8 Å². The predicted octanol–water partition coefficient (Wildman–Crippen LogP) is 3.38. The van der Waals surface area contributed by atoms with Crippen LogP contribution >= 0.6 is 0 Å². The number of hydrogen-bond donors (Lipinski definition) is 1. The second-order valence-corrected chi connectivity index (χ2v) is 4.81. The van der Waals surface area contributed by atoms with E-state index in [9.17, 15) is 4.39 Å². The topological polar surface area (TPSA) is 41.1 Å². The molecule has 1 heterocycles. The molecule has 1 aromatic carbocycles. The standard InChI is InChI=1S/C16H21FN4/c1-4-21(5-2)16-19-12(3)10-15(20-16)18-11-13-8-6-7-9-14(13)17/h6-10H,4-5,11H2,1-3H3,(H,18,19,20). The third-order valence-electron chi connectivity index (χ3n) is 3.31. The Hall–Kier alpha value is -2.17. The Kier molecular flexibility index (Phi) is 5.09. The number of halogens is 1. The average molecular weight is 288 g/mol. The molecule has 1 N–H and O–H groups in total. The Balaban J connectivity index is 2.15. The summed E-state index contributed by atoms with van der Waals surface area (Å²) >= 11 is 0. The first-order valence-electron chi connectivity index (χ1n) is 7.22. The summed E-state index contributed by atoms with van der Waals surface area (Å²) in [5, 5.41) is 3.17. The van der Waals surface area contributed by atoms with Gasteiger partial charge in [-0.1, -0.05) is 18.2 Å². The average Bonchev–Trinajstić information content (AvgIpc) is 2.47. The van der Waals surface area contributed by atoms with Gasteiger partial charge in [0.2, 0.25) is 5.95 Å². The maximum Gasteiger partial charge on any atom is 0.227 e. The summed E-state index contributed by atoms with van der Waals surface area (Å²) in [6, 6.07) is 8.61. The van der Waals surface area contributed by atoms with Crippen molar-refractivity contribution in [1.82, 2.24) is 9.97 Å². The fourth-order valence-electron chi connectivity index (χ4n) is 2.12. The molecule has 1 aromatic heterocycles. The van der Waals surface area contributed by atoms with Crippen LogP contribution in [0.2, 0.25) is 0 Å². The minimum atomic E-state index is -0.209. The van der Waals surface area contributed by atoms with Crippen molar-refractivity contribution < 1.29 is 4.39 Å². The first kappa shape index (κ1) is 15.2. The molecule has 0 amide bonds. The maximum atomic E-state index is 13.6. The quantitative estimate of drug-likeness (QED) is 0.884. The number of aryl methyl sites for hydroxylation is 1. The third-order valence-corrected chi connectivity index (χ3v) is 3.31. The van der Waals surface area contributed by atoms with Gasteiger partial charge in [-0.25, -0.2) is 9.37 Å². The normalized spacial score (nSPS) is 10.5. The summed E-state index contributed by atoms with van der Waals surface area (Å²) in [7, 11) is 0. The Labute approximate surface area is 125 Å². The van der Waals surface area contributed by atoms with Crippen molar-refractivity contribution in [3.63, 3.8) is 0 Å².